The Labute approximate surface area is 166 Å². The SMILES string of the molecule is CCc1ccc(CN2CCC(c3nnc(Cn4cccn4)n3CC)CC2)nc1. The number of nitrogens with zero attached hydrogens (tertiary/aromatic N) is 7. The molecule has 0 N–H and O–H groups in total. The van der Waals surface area contributed by atoms with Crippen LogP contribution in [0.25, 0.3) is 0 Å². The van der Waals surface area contributed by atoms with Crippen LogP contribution in [0.3, 0.4) is 0 Å². The van der Waals surface area contributed by atoms with E-state index in [-0.39, 0.29) is 0 Å². The molecule has 1 aliphatic rings. The third-order valence-corrected chi connectivity index (χ3v) is 5.67. The van der Waals surface area contributed by atoms with Crippen LogP contribution in [0.15, 0.2) is 36.8 Å². The number of rotatable bonds is 7. The summed E-state index contributed by atoms with van der Waals surface area (Å²) in [7, 11) is 0. The van der Waals surface area contributed by atoms with Gasteiger partial charge in [0.2, 0.25) is 0 Å². The van der Waals surface area contributed by atoms with Crippen molar-refractivity contribution in [3.05, 3.63) is 59.7 Å². The van der Waals surface area contributed by atoms with Gasteiger partial charge in [0.05, 0.1) is 5.69 Å². The summed E-state index contributed by atoms with van der Waals surface area (Å²) in [5.74, 6) is 2.60. The molecule has 0 saturated carbocycles. The van der Waals surface area contributed by atoms with Gasteiger partial charge in [0, 0.05) is 37.6 Å². The lowest BCUT2D eigenvalue weighted by molar-refractivity contribution is 0.198. The summed E-state index contributed by atoms with van der Waals surface area (Å²) >= 11 is 0. The Kier molecular flexibility index (Phi) is 5.81. The zero-order valence-corrected chi connectivity index (χ0v) is 16.8. The minimum atomic E-state index is 0.477. The molecule has 0 atom stereocenters. The van der Waals surface area contributed by atoms with Gasteiger partial charge in [0.15, 0.2) is 5.82 Å². The van der Waals surface area contributed by atoms with Gasteiger partial charge in [-0.25, -0.2) is 0 Å². The van der Waals surface area contributed by atoms with Crippen molar-refractivity contribution in [3.63, 3.8) is 0 Å². The van der Waals surface area contributed by atoms with Crippen molar-refractivity contribution in [1.29, 1.82) is 0 Å². The van der Waals surface area contributed by atoms with Crippen LogP contribution in [0.2, 0.25) is 0 Å². The van der Waals surface area contributed by atoms with E-state index in [2.05, 4.69) is 55.7 Å². The molecule has 0 bridgehead atoms. The van der Waals surface area contributed by atoms with E-state index in [4.69, 9.17) is 0 Å². The topological polar surface area (TPSA) is 64.7 Å². The van der Waals surface area contributed by atoms with Gasteiger partial charge in [-0.05, 0) is 57.0 Å². The summed E-state index contributed by atoms with van der Waals surface area (Å²) < 4.78 is 4.17. The summed E-state index contributed by atoms with van der Waals surface area (Å²) in [5, 5.41) is 13.3. The van der Waals surface area contributed by atoms with Crippen LogP contribution in [0.1, 0.15) is 55.5 Å². The van der Waals surface area contributed by atoms with E-state index in [0.29, 0.717) is 12.5 Å². The largest absolute Gasteiger partial charge is 0.313 e. The van der Waals surface area contributed by atoms with Crippen LogP contribution < -0.4 is 0 Å². The molecule has 7 heteroatoms. The monoisotopic (exact) mass is 379 g/mol. The number of likely N-dealkylation sites (tertiary alicyclic amines) is 1. The Hall–Kier alpha value is -2.54. The predicted octanol–water partition coefficient (Wildman–Crippen LogP) is 2.88. The Morgan fingerprint density at radius 1 is 1.07 bits per heavy atom. The van der Waals surface area contributed by atoms with Crippen LogP contribution in [0.4, 0.5) is 0 Å². The number of piperidine rings is 1. The molecule has 1 aliphatic heterocycles. The van der Waals surface area contributed by atoms with E-state index >= 15 is 0 Å². The fraction of sp³-hybridized carbons (Fsp3) is 0.524. The van der Waals surface area contributed by atoms with Gasteiger partial charge in [0.25, 0.3) is 0 Å². The lowest BCUT2D eigenvalue weighted by Crippen LogP contribution is -2.33. The highest BCUT2D eigenvalue weighted by atomic mass is 15.3. The first-order chi connectivity index (χ1) is 13.8. The smallest absolute Gasteiger partial charge is 0.154 e. The summed E-state index contributed by atoms with van der Waals surface area (Å²) in [6, 6.07) is 6.30. The second-order valence-corrected chi connectivity index (χ2v) is 7.48. The molecule has 4 heterocycles. The van der Waals surface area contributed by atoms with E-state index in [1.807, 2.05) is 23.1 Å². The minimum Gasteiger partial charge on any atom is -0.313 e. The van der Waals surface area contributed by atoms with Crippen molar-refractivity contribution in [1.82, 2.24) is 34.4 Å². The van der Waals surface area contributed by atoms with Gasteiger partial charge in [0.1, 0.15) is 12.4 Å². The number of pyridine rings is 1. The Morgan fingerprint density at radius 2 is 1.93 bits per heavy atom. The van der Waals surface area contributed by atoms with E-state index in [1.54, 1.807) is 6.20 Å². The molecular formula is C21H29N7. The zero-order chi connectivity index (χ0) is 19.3. The molecule has 3 aromatic heterocycles. The highest BCUT2D eigenvalue weighted by Crippen LogP contribution is 2.28. The standard InChI is InChI=1S/C21H29N7/c1-3-17-6-7-19(22-14-17)15-26-12-8-18(9-13-26)21-25-24-20(28(21)4-2)16-27-11-5-10-23-27/h5-7,10-11,14,18H,3-4,8-9,12-13,15-16H2,1-2H3. The lowest BCUT2D eigenvalue weighted by Gasteiger charge is -2.31. The number of aromatic nitrogens is 6. The van der Waals surface area contributed by atoms with Gasteiger partial charge in [-0.1, -0.05) is 13.0 Å². The average molecular weight is 380 g/mol. The fourth-order valence-corrected chi connectivity index (χ4v) is 3.99. The average Bonchev–Trinajstić information content (AvgIpc) is 3.39. The molecule has 0 unspecified atom stereocenters. The molecule has 28 heavy (non-hydrogen) atoms. The summed E-state index contributed by atoms with van der Waals surface area (Å²) in [6.07, 6.45) is 9.05. The molecule has 148 valence electrons. The molecule has 7 nitrogen and oxygen atoms in total. The fourth-order valence-electron chi connectivity index (χ4n) is 3.99. The number of hydrogen-bond donors (Lipinski definition) is 0. The molecule has 4 rings (SSSR count). The number of aryl methyl sites for hydroxylation is 1. The Morgan fingerprint density at radius 3 is 2.57 bits per heavy atom. The van der Waals surface area contributed by atoms with Gasteiger partial charge in [-0.15, -0.1) is 10.2 Å². The second-order valence-electron chi connectivity index (χ2n) is 7.48. The summed E-state index contributed by atoms with van der Waals surface area (Å²) in [4.78, 5) is 7.11. The predicted molar refractivity (Wildman–Crippen MR) is 108 cm³/mol. The normalized spacial score (nSPS) is 15.9. The van der Waals surface area contributed by atoms with Gasteiger partial charge >= 0.3 is 0 Å². The molecular weight excluding hydrogens is 350 g/mol. The highest BCUT2D eigenvalue weighted by molar-refractivity contribution is 5.14. The van der Waals surface area contributed by atoms with Crippen LogP contribution in [0.5, 0.6) is 0 Å². The molecule has 0 aliphatic carbocycles. The maximum atomic E-state index is 4.61. The second kappa shape index (κ2) is 8.65. The van der Waals surface area contributed by atoms with Crippen molar-refractivity contribution in [3.8, 4) is 0 Å². The third kappa shape index (κ3) is 4.14. The molecule has 0 amide bonds. The van der Waals surface area contributed by atoms with E-state index in [0.717, 1.165) is 62.8 Å². The van der Waals surface area contributed by atoms with Crippen LogP contribution in [-0.4, -0.2) is 47.5 Å². The first-order valence-corrected chi connectivity index (χ1v) is 10.3. The molecule has 3 aromatic rings. The molecule has 0 radical (unpaired) electrons. The van der Waals surface area contributed by atoms with Gasteiger partial charge < -0.3 is 4.57 Å². The van der Waals surface area contributed by atoms with E-state index in [9.17, 15) is 0 Å². The zero-order valence-electron chi connectivity index (χ0n) is 16.8. The third-order valence-electron chi connectivity index (χ3n) is 5.67. The van der Waals surface area contributed by atoms with Crippen molar-refractivity contribution in [2.75, 3.05) is 13.1 Å². The van der Waals surface area contributed by atoms with Crippen LogP contribution in [0, 0.1) is 0 Å². The first-order valence-electron chi connectivity index (χ1n) is 10.3. The van der Waals surface area contributed by atoms with Crippen molar-refractivity contribution in [2.24, 2.45) is 0 Å². The molecule has 0 aromatic carbocycles. The Balaban J connectivity index is 1.37. The van der Waals surface area contributed by atoms with Crippen molar-refractivity contribution in [2.45, 2.75) is 58.7 Å². The van der Waals surface area contributed by atoms with E-state index < -0.39 is 0 Å². The number of hydrogen-bond acceptors (Lipinski definition) is 5. The van der Waals surface area contributed by atoms with Crippen LogP contribution >= 0.6 is 0 Å². The maximum absolute atomic E-state index is 4.61. The van der Waals surface area contributed by atoms with E-state index in [1.165, 1.54) is 5.56 Å². The maximum Gasteiger partial charge on any atom is 0.154 e. The summed E-state index contributed by atoms with van der Waals surface area (Å²) in [5.41, 5.74) is 2.46. The molecule has 1 saturated heterocycles. The summed E-state index contributed by atoms with van der Waals surface area (Å²) in [6.45, 7) is 8.98. The Bertz CT molecular complexity index is 859. The van der Waals surface area contributed by atoms with Crippen LogP contribution in [-0.2, 0) is 26.1 Å². The minimum absolute atomic E-state index is 0.477. The quantitative estimate of drug-likeness (QED) is 0.632. The molecule has 1 fully saturated rings. The van der Waals surface area contributed by atoms with Gasteiger partial charge in [-0.2, -0.15) is 5.10 Å². The molecule has 0 spiro atoms. The highest BCUT2D eigenvalue weighted by Gasteiger charge is 2.26. The van der Waals surface area contributed by atoms with Gasteiger partial charge in [-0.3, -0.25) is 14.6 Å². The van der Waals surface area contributed by atoms with Crippen molar-refractivity contribution >= 4 is 0 Å². The first kappa shape index (κ1) is 18.8. The lowest BCUT2D eigenvalue weighted by atomic mass is 9.95. The van der Waals surface area contributed by atoms with Crippen molar-refractivity contribution < 1.29 is 0 Å².